The summed E-state index contributed by atoms with van der Waals surface area (Å²) in [6.07, 6.45) is 1.10. The van der Waals surface area contributed by atoms with E-state index in [4.69, 9.17) is 0 Å². The number of anilines is 2. The molecule has 1 unspecified atom stereocenters. The van der Waals surface area contributed by atoms with E-state index in [9.17, 15) is 14.9 Å². The average Bonchev–Trinajstić information content (AvgIpc) is 2.44. The third kappa shape index (κ3) is 3.53. The predicted octanol–water partition coefficient (Wildman–Crippen LogP) is 0.705. The Morgan fingerprint density at radius 1 is 1.60 bits per heavy atom. The van der Waals surface area contributed by atoms with E-state index in [2.05, 4.69) is 20.6 Å². The molecule has 0 spiro atoms. The third-order valence-corrected chi connectivity index (χ3v) is 2.76. The molecular weight excluding hydrogens is 264 g/mol. The zero-order valence-corrected chi connectivity index (χ0v) is 11.9. The summed E-state index contributed by atoms with van der Waals surface area (Å²) in [6, 6.07) is -0.627. The molecule has 1 rings (SSSR count). The summed E-state index contributed by atoms with van der Waals surface area (Å²) in [5, 5.41) is 16.4. The largest absolute Gasteiger partial charge is 0.357 e. The van der Waals surface area contributed by atoms with Crippen LogP contribution < -0.4 is 10.6 Å². The molecule has 0 aliphatic carbocycles. The number of nitrogens with one attached hydrogen (secondary N) is 2. The Kier molecular flexibility index (Phi) is 5.18. The highest BCUT2D eigenvalue weighted by Gasteiger charge is 2.23. The highest BCUT2D eigenvalue weighted by Crippen LogP contribution is 2.22. The third-order valence-electron chi connectivity index (χ3n) is 2.76. The van der Waals surface area contributed by atoms with E-state index in [1.165, 1.54) is 4.90 Å². The van der Waals surface area contributed by atoms with Gasteiger partial charge >= 0.3 is 5.69 Å². The topological polar surface area (TPSA) is 113 Å². The molecule has 0 bridgehead atoms. The van der Waals surface area contributed by atoms with Gasteiger partial charge in [-0.25, -0.2) is 4.98 Å². The van der Waals surface area contributed by atoms with Gasteiger partial charge in [0.05, 0.1) is 4.92 Å². The Balaban J connectivity index is 3.00. The highest BCUT2D eigenvalue weighted by molar-refractivity contribution is 5.84. The van der Waals surface area contributed by atoms with Crippen LogP contribution >= 0.6 is 0 Å². The maximum absolute atomic E-state index is 11.9. The van der Waals surface area contributed by atoms with Crippen molar-refractivity contribution < 1.29 is 9.72 Å². The smallest absolute Gasteiger partial charge is 0.329 e. The lowest BCUT2D eigenvalue weighted by atomic mass is 10.3. The van der Waals surface area contributed by atoms with Crippen molar-refractivity contribution >= 4 is 23.4 Å². The van der Waals surface area contributed by atoms with Crippen molar-refractivity contribution in [2.75, 3.05) is 31.3 Å². The van der Waals surface area contributed by atoms with Crippen LogP contribution in [0.1, 0.15) is 13.8 Å². The lowest BCUT2D eigenvalue weighted by Gasteiger charge is -2.20. The van der Waals surface area contributed by atoms with Gasteiger partial charge < -0.3 is 15.5 Å². The van der Waals surface area contributed by atoms with Crippen molar-refractivity contribution in [1.29, 1.82) is 0 Å². The summed E-state index contributed by atoms with van der Waals surface area (Å²) in [6.45, 7) is 4.02. The fourth-order valence-electron chi connectivity index (χ4n) is 1.49. The van der Waals surface area contributed by atoms with E-state index in [0.29, 0.717) is 6.54 Å². The first-order valence-electron chi connectivity index (χ1n) is 6.11. The molecule has 1 aromatic heterocycles. The Morgan fingerprint density at radius 3 is 2.75 bits per heavy atom. The summed E-state index contributed by atoms with van der Waals surface area (Å²) in [5.41, 5.74) is -0.275. The van der Waals surface area contributed by atoms with Crippen molar-refractivity contribution in [2.24, 2.45) is 0 Å². The molecule has 1 amide bonds. The van der Waals surface area contributed by atoms with Crippen LogP contribution in [0.3, 0.4) is 0 Å². The van der Waals surface area contributed by atoms with Crippen molar-refractivity contribution in [3.63, 3.8) is 0 Å². The number of carbonyl (C=O) groups excluding carboxylic acids is 1. The lowest BCUT2D eigenvalue weighted by molar-refractivity contribution is -0.384. The molecule has 0 fully saturated rings. The van der Waals surface area contributed by atoms with Gasteiger partial charge in [-0.1, -0.05) is 0 Å². The van der Waals surface area contributed by atoms with Gasteiger partial charge in [0.25, 0.3) is 0 Å². The minimum absolute atomic E-state index is 0.0136. The van der Waals surface area contributed by atoms with Crippen LogP contribution in [0, 0.1) is 10.1 Å². The molecule has 1 atom stereocenters. The van der Waals surface area contributed by atoms with Gasteiger partial charge in [0.1, 0.15) is 12.2 Å². The molecule has 9 heteroatoms. The van der Waals surface area contributed by atoms with Gasteiger partial charge in [0, 0.05) is 20.6 Å². The number of nitrogens with zero attached hydrogens (tertiary/aromatic N) is 4. The first kappa shape index (κ1) is 15.6. The van der Waals surface area contributed by atoms with Gasteiger partial charge in [-0.05, 0) is 13.8 Å². The second kappa shape index (κ2) is 6.64. The number of nitro groups is 1. The standard InChI is InChI=1S/C11H18N6O3/c1-5-16(4)10(18)7(2)14-9-8(17(19)20)6-13-11(12-3)15-9/h6-7H,5H2,1-4H3,(H2,12,13,14,15). The number of likely N-dealkylation sites (N-methyl/N-ethyl adjacent to an activating group) is 1. The highest BCUT2D eigenvalue weighted by atomic mass is 16.6. The van der Waals surface area contributed by atoms with Crippen molar-refractivity contribution in [1.82, 2.24) is 14.9 Å². The molecule has 1 aromatic rings. The van der Waals surface area contributed by atoms with Crippen molar-refractivity contribution in [3.8, 4) is 0 Å². The van der Waals surface area contributed by atoms with Gasteiger partial charge in [-0.3, -0.25) is 14.9 Å². The zero-order chi connectivity index (χ0) is 15.3. The van der Waals surface area contributed by atoms with Crippen LogP contribution in [0.4, 0.5) is 17.5 Å². The second-order valence-corrected chi connectivity index (χ2v) is 4.15. The maximum atomic E-state index is 11.9. The Labute approximate surface area is 116 Å². The average molecular weight is 282 g/mol. The van der Waals surface area contributed by atoms with Gasteiger partial charge in [0.15, 0.2) is 0 Å². The SMILES string of the molecule is CCN(C)C(=O)C(C)Nc1nc(NC)ncc1[N+](=O)[O-]. The lowest BCUT2D eigenvalue weighted by Crippen LogP contribution is -2.39. The summed E-state index contributed by atoms with van der Waals surface area (Å²) < 4.78 is 0. The van der Waals surface area contributed by atoms with Gasteiger partial charge in [0.2, 0.25) is 17.7 Å². The van der Waals surface area contributed by atoms with E-state index in [1.54, 1.807) is 21.0 Å². The summed E-state index contributed by atoms with van der Waals surface area (Å²) in [5.74, 6) is 0.0766. The molecule has 0 saturated carbocycles. The predicted molar refractivity (Wildman–Crippen MR) is 74.6 cm³/mol. The Morgan fingerprint density at radius 2 is 2.25 bits per heavy atom. The number of hydrogen-bond donors (Lipinski definition) is 2. The number of aromatic nitrogens is 2. The Hall–Kier alpha value is -2.45. The fourth-order valence-corrected chi connectivity index (χ4v) is 1.49. The number of rotatable bonds is 6. The fraction of sp³-hybridized carbons (Fsp3) is 0.545. The van der Waals surface area contributed by atoms with E-state index in [-0.39, 0.29) is 23.4 Å². The van der Waals surface area contributed by atoms with E-state index < -0.39 is 11.0 Å². The molecule has 1 heterocycles. The molecule has 9 nitrogen and oxygen atoms in total. The van der Waals surface area contributed by atoms with Crippen molar-refractivity contribution in [3.05, 3.63) is 16.3 Å². The number of carbonyl (C=O) groups is 1. The van der Waals surface area contributed by atoms with Gasteiger partial charge in [-0.15, -0.1) is 0 Å². The van der Waals surface area contributed by atoms with E-state index in [0.717, 1.165) is 6.20 Å². The van der Waals surface area contributed by atoms with Crippen LogP contribution in [0.15, 0.2) is 6.20 Å². The number of hydrogen-bond acceptors (Lipinski definition) is 7. The first-order chi connectivity index (χ1) is 9.40. The normalized spacial score (nSPS) is 11.6. The van der Waals surface area contributed by atoms with Crippen LogP contribution in [0.2, 0.25) is 0 Å². The molecule has 0 aliphatic heterocycles. The van der Waals surface area contributed by atoms with Gasteiger partial charge in [-0.2, -0.15) is 4.98 Å². The van der Waals surface area contributed by atoms with Crippen LogP contribution in [0.5, 0.6) is 0 Å². The van der Waals surface area contributed by atoms with E-state index >= 15 is 0 Å². The van der Waals surface area contributed by atoms with Crippen LogP contribution in [-0.4, -0.2) is 52.4 Å². The van der Waals surface area contributed by atoms with Crippen LogP contribution in [0.25, 0.3) is 0 Å². The van der Waals surface area contributed by atoms with Crippen molar-refractivity contribution in [2.45, 2.75) is 19.9 Å². The minimum Gasteiger partial charge on any atom is -0.357 e. The molecule has 110 valence electrons. The second-order valence-electron chi connectivity index (χ2n) is 4.15. The molecule has 0 aliphatic rings. The minimum atomic E-state index is -0.627. The molecule has 0 aromatic carbocycles. The molecule has 20 heavy (non-hydrogen) atoms. The molecule has 0 saturated heterocycles. The quantitative estimate of drug-likeness (QED) is 0.583. The first-order valence-corrected chi connectivity index (χ1v) is 6.11. The van der Waals surface area contributed by atoms with E-state index in [1.807, 2.05) is 6.92 Å². The van der Waals surface area contributed by atoms with Crippen LogP contribution in [-0.2, 0) is 4.79 Å². The molecule has 0 radical (unpaired) electrons. The summed E-state index contributed by atoms with van der Waals surface area (Å²) in [4.78, 5) is 31.6. The maximum Gasteiger partial charge on any atom is 0.329 e. The molecular formula is C11H18N6O3. The zero-order valence-electron chi connectivity index (χ0n) is 11.9. The summed E-state index contributed by atoms with van der Waals surface area (Å²) in [7, 11) is 3.26. The monoisotopic (exact) mass is 282 g/mol. The number of amides is 1. The molecule has 2 N–H and O–H groups in total. The Bertz CT molecular complexity index is 507. The summed E-state index contributed by atoms with van der Waals surface area (Å²) >= 11 is 0.